The van der Waals surface area contributed by atoms with Gasteiger partial charge in [-0.1, -0.05) is 36.4 Å². The zero-order valence-electron chi connectivity index (χ0n) is 16.0. The van der Waals surface area contributed by atoms with Crippen molar-refractivity contribution in [2.45, 2.75) is 26.0 Å². The second-order valence-electron chi connectivity index (χ2n) is 7.15. The Morgan fingerprint density at radius 3 is 2.21 bits per heavy atom. The topological polar surface area (TPSA) is 84.0 Å². The SMILES string of the molecule is C[C@H](OC(=O)CN1C(=O)c2ccccc2C1=O)C(=O)N1CCc2ccccc2C1. The van der Waals surface area contributed by atoms with E-state index < -0.39 is 30.4 Å². The second kappa shape index (κ2) is 7.50. The molecule has 0 N–H and O–H groups in total. The maximum Gasteiger partial charge on any atom is 0.326 e. The number of hydrogen-bond acceptors (Lipinski definition) is 5. The molecule has 2 aromatic carbocycles. The van der Waals surface area contributed by atoms with Crippen LogP contribution in [0.2, 0.25) is 0 Å². The molecule has 0 unspecified atom stereocenters. The molecule has 2 aromatic rings. The smallest absolute Gasteiger partial charge is 0.326 e. The summed E-state index contributed by atoms with van der Waals surface area (Å²) in [5, 5.41) is 0. The van der Waals surface area contributed by atoms with E-state index in [9.17, 15) is 19.2 Å². The minimum atomic E-state index is -0.997. The molecule has 7 nitrogen and oxygen atoms in total. The van der Waals surface area contributed by atoms with Gasteiger partial charge in [0, 0.05) is 13.1 Å². The average molecular weight is 392 g/mol. The highest BCUT2D eigenvalue weighted by atomic mass is 16.5. The van der Waals surface area contributed by atoms with Crippen LogP contribution >= 0.6 is 0 Å². The molecule has 148 valence electrons. The Bertz CT molecular complexity index is 981. The quantitative estimate of drug-likeness (QED) is 0.585. The highest BCUT2D eigenvalue weighted by Gasteiger charge is 2.37. The first-order chi connectivity index (χ1) is 14.0. The first-order valence-corrected chi connectivity index (χ1v) is 9.46. The van der Waals surface area contributed by atoms with Crippen molar-refractivity contribution in [3.63, 3.8) is 0 Å². The van der Waals surface area contributed by atoms with Gasteiger partial charge in [0.25, 0.3) is 17.7 Å². The summed E-state index contributed by atoms with van der Waals surface area (Å²) in [7, 11) is 0. The van der Waals surface area contributed by atoms with Crippen LogP contribution in [0.5, 0.6) is 0 Å². The number of fused-ring (bicyclic) bond motifs is 2. The highest BCUT2D eigenvalue weighted by Crippen LogP contribution is 2.23. The third-order valence-corrected chi connectivity index (χ3v) is 5.26. The monoisotopic (exact) mass is 392 g/mol. The van der Waals surface area contributed by atoms with E-state index in [-0.39, 0.29) is 17.0 Å². The van der Waals surface area contributed by atoms with E-state index in [0.29, 0.717) is 13.1 Å². The van der Waals surface area contributed by atoms with Gasteiger partial charge in [0.1, 0.15) is 6.54 Å². The van der Waals surface area contributed by atoms with Crippen LogP contribution in [-0.4, -0.2) is 52.7 Å². The Labute approximate surface area is 167 Å². The molecule has 2 heterocycles. The molecule has 29 heavy (non-hydrogen) atoms. The maximum absolute atomic E-state index is 12.7. The molecule has 2 aliphatic heterocycles. The molecule has 1 atom stereocenters. The van der Waals surface area contributed by atoms with Gasteiger partial charge in [-0.25, -0.2) is 0 Å². The van der Waals surface area contributed by atoms with E-state index in [1.165, 1.54) is 12.5 Å². The van der Waals surface area contributed by atoms with Crippen molar-refractivity contribution < 1.29 is 23.9 Å². The predicted molar refractivity (Wildman–Crippen MR) is 103 cm³/mol. The van der Waals surface area contributed by atoms with Crippen LogP contribution in [0.3, 0.4) is 0 Å². The number of hydrogen-bond donors (Lipinski definition) is 0. The number of imide groups is 1. The summed E-state index contributed by atoms with van der Waals surface area (Å²) in [5.74, 6) is -2.16. The Hall–Kier alpha value is -3.48. The van der Waals surface area contributed by atoms with Gasteiger partial charge in [-0.15, -0.1) is 0 Å². The fraction of sp³-hybridized carbons (Fsp3) is 0.273. The third-order valence-electron chi connectivity index (χ3n) is 5.26. The van der Waals surface area contributed by atoms with Crippen LogP contribution in [0.4, 0.5) is 0 Å². The zero-order chi connectivity index (χ0) is 20.5. The molecular weight excluding hydrogens is 372 g/mol. The normalized spacial score (nSPS) is 16.3. The Kier molecular flexibility index (Phi) is 4.88. The predicted octanol–water partition coefficient (Wildman–Crippen LogP) is 1.80. The van der Waals surface area contributed by atoms with Crippen molar-refractivity contribution >= 4 is 23.7 Å². The van der Waals surface area contributed by atoms with Crippen LogP contribution in [0.25, 0.3) is 0 Å². The number of benzene rings is 2. The van der Waals surface area contributed by atoms with Gasteiger partial charge in [-0.05, 0) is 36.6 Å². The van der Waals surface area contributed by atoms with Crippen molar-refractivity contribution in [1.82, 2.24) is 9.80 Å². The minimum absolute atomic E-state index is 0.265. The van der Waals surface area contributed by atoms with E-state index in [0.717, 1.165) is 16.9 Å². The summed E-state index contributed by atoms with van der Waals surface area (Å²) in [6.45, 7) is 2.00. The lowest BCUT2D eigenvalue weighted by atomic mass is 9.99. The largest absolute Gasteiger partial charge is 0.451 e. The number of nitrogens with zero attached hydrogens (tertiary/aromatic N) is 2. The molecule has 0 aliphatic carbocycles. The van der Waals surface area contributed by atoms with Gasteiger partial charge < -0.3 is 9.64 Å². The van der Waals surface area contributed by atoms with Crippen molar-refractivity contribution in [2.24, 2.45) is 0 Å². The van der Waals surface area contributed by atoms with E-state index in [1.54, 1.807) is 29.2 Å². The van der Waals surface area contributed by atoms with E-state index >= 15 is 0 Å². The fourth-order valence-electron chi connectivity index (χ4n) is 3.74. The summed E-state index contributed by atoms with van der Waals surface area (Å²) in [6, 6.07) is 14.3. The van der Waals surface area contributed by atoms with Crippen molar-refractivity contribution in [3.8, 4) is 0 Å². The van der Waals surface area contributed by atoms with Crippen LogP contribution in [0.1, 0.15) is 38.8 Å². The first kappa shape index (κ1) is 18.9. The highest BCUT2D eigenvalue weighted by molar-refractivity contribution is 6.22. The van der Waals surface area contributed by atoms with Crippen LogP contribution in [-0.2, 0) is 27.3 Å². The van der Waals surface area contributed by atoms with Gasteiger partial charge >= 0.3 is 5.97 Å². The summed E-state index contributed by atoms with van der Waals surface area (Å²) in [6.07, 6.45) is -0.250. The van der Waals surface area contributed by atoms with Crippen LogP contribution in [0, 0.1) is 0 Å². The second-order valence-corrected chi connectivity index (χ2v) is 7.15. The van der Waals surface area contributed by atoms with Gasteiger partial charge in [0.2, 0.25) is 0 Å². The standard InChI is InChI=1S/C22H20N2O5/c1-14(20(26)23-11-10-15-6-2-3-7-16(15)12-23)29-19(25)13-24-21(27)17-8-4-5-9-18(17)22(24)28/h2-9,14H,10-13H2,1H3/t14-/m0/s1. The lowest BCUT2D eigenvalue weighted by Gasteiger charge is -2.30. The summed E-state index contributed by atoms with van der Waals surface area (Å²) >= 11 is 0. The Balaban J connectivity index is 1.36. The molecule has 2 aliphatic rings. The molecule has 0 fully saturated rings. The molecule has 0 spiro atoms. The molecule has 0 bridgehead atoms. The molecule has 0 aromatic heterocycles. The molecule has 3 amide bonds. The number of carbonyl (C=O) groups is 4. The first-order valence-electron chi connectivity index (χ1n) is 9.46. The summed E-state index contributed by atoms with van der Waals surface area (Å²) in [5.41, 5.74) is 2.83. The van der Waals surface area contributed by atoms with E-state index in [1.807, 2.05) is 24.3 Å². The maximum atomic E-state index is 12.7. The van der Waals surface area contributed by atoms with E-state index in [2.05, 4.69) is 0 Å². The summed E-state index contributed by atoms with van der Waals surface area (Å²) in [4.78, 5) is 52.2. The number of rotatable bonds is 4. The van der Waals surface area contributed by atoms with Crippen molar-refractivity contribution in [1.29, 1.82) is 0 Å². The third kappa shape index (κ3) is 3.51. The molecule has 0 radical (unpaired) electrons. The lowest BCUT2D eigenvalue weighted by molar-refractivity contribution is -0.159. The van der Waals surface area contributed by atoms with Crippen molar-refractivity contribution in [3.05, 3.63) is 70.8 Å². The van der Waals surface area contributed by atoms with Crippen LogP contribution in [0.15, 0.2) is 48.5 Å². The Morgan fingerprint density at radius 2 is 1.55 bits per heavy atom. The molecule has 0 saturated heterocycles. The lowest BCUT2D eigenvalue weighted by Crippen LogP contribution is -2.44. The number of carbonyl (C=O) groups excluding carboxylic acids is 4. The molecular formula is C22H20N2O5. The van der Waals surface area contributed by atoms with Gasteiger partial charge in [0.15, 0.2) is 6.10 Å². The van der Waals surface area contributed by atoms with Crippen LogP contribution < -0.4 is 0 Å². The molecule has 0 saturated carbocycles. The summed E-state index contributed by atoms with van der Waals surface area (Å²) < 4.78 is 5.23. The van der Waals surface area contributed by atoms with Gasteiger partial charge in [-0.3, -0.25) is 24.1 Å². The fourth-order valence-corrected chi connectivity index (χ4v) is 3.74. The number of amides is 3. The van der Waals surface area contributed by atoms with Gasteiger partial charge in [-0.2, -0.15) is 0 Å². The molecule has 4 rings (SSSR count). The van der Waals surface area contributed by atoms with E-state index in [4.69, 9.17) is 4.74 Å². The zero-order valence-corrected chi connectivity index (χ0v) is 16.0. The molecule has 7 heteroatoms. The van der Waals surface area contributed by atoms with Gasteiger partial charge in [0.05, 0.1) is 11.1 Å². The number of ether oxygens (including phenoxy) is 1. The van der Waals surface area contributed by atoms with Crippen molar-refractivity contribution in [2.75, 3.05) is 13.1 Å². The number of esters is 1. The minimum Gasteiger partial charge on any atom is -0.451 e. The average Bonchev–Trinajstić information content (AvgIpc) is 2.98. The Morgan fingerprint density at radius 1 is 0.966 bits per heavy atom.